The fourth-order valence-electron chi connectivity index (χ4n) is 3.09. The SMILES string of the molecule is O=C(O)C(F)(F)F.O=C(O)c1csc(SCCN2C(=O)CC[C@@H]2CNCCOc2cc(Cl)cc(Cl)c2)n1. The number of carboxylic acid groups (broad SMARTS) is 2. The molecule has 0 unspecified atom stereocenters. The average Bonchev–Trinajstić information content (AvgIpc) is 3.40. The van der Waals surface area contributed by atoms with Crippen molar-refractivity contribution in [2.45, 2.75) is 29.4 Å². The van der Waals surface area contributed by atoms with Crippen LogP contribution in [0.2, 0.25) is 10.0 Å². The van der Waals surface area contributed by atoms with Gasteiger partial charge in [-0.1, -0.05) is 35.0 Å². The van der Waals surface area contributed by atoms with Crippen LogP contribution in [0.4, 0.5) is 13.2 Å². The molecule has 0 aliphatic carbocycles. The van der Waals surface area contributed by atoms with E-state index < -0.39 is 18.1 Å². The number of nitrogens with zero attached hydrogens (tertiary/aromatic N) is 2. The number of hydrogen-bond donors (Lipinski definition) is 3. The number of amides is 1. The van der Waals surface area contributed by atoms with E-state index in [4.69, 9.17) is 42.9 Å². The molecular weight excluding hydrogens is 582 g/mol. The Kier molecular flexibility index (Phi) is 12.2. The number of hydrogen-bond acceptors (Lipinski definition) is 8. The summed E-state index contributed by atoms with van der Waals surface area (Å²) in [5.41, 5.74) is 0.0593. The molecule has 1 aliphatic rings. The van der Waals surface area contributed by atoms with Crippen LogP contribution in [0.25, 0.3) is 0 Å². The summed E-state index contributed by atoms with van der Waals surface area (Å²) in [6.07, 6.45) is -3.71. The quantitative estimate of drug-likeness (QED) is 0.250. The van der Waals surface area contributed by atoms with Crippen molar-refractivity contribution in [3.05, 3.63) is 39.3 Å². The third-order valence-corrected chi connectivity index (χ3v) is 7.16. The van der Waals surface area contributed by atoms with Gasteiger partial charge in [0.15, 0.2) is 10.0 Å². The van der Waals surface area contributed by atoms with Gasteiger partial charge in [0.2, 0.25) is 5.91 Å². The van der Waals surface area contributed by atoms with Crippen LogP contribution < -0.4 is 10.1 Å². The van der Waals surface area contributed by atoms with Crippen LogP contribution in [-0.4, -0.2) is 82.2 Å². The lowest BCUT2D eigenvalue weighted by Crippen LogP contribution is -2.42. The van der Waals surface area contributed by atoms with Crippen LogP contribution in [0.3, 0.4) is 0 Å². The lowest BCUT2D eigenvalue weighted by atomic mass is 10.2. The lowest BCUT2D eigenvalue weighted by molar-refractivity contribution is -0.192. The highest BCUT2D eigenvalue weighted by Gasteiger charge is 2.38. The predicted molar refractivity (Wildman–Crippen MR) is 133 cm³/mol. The van der Waals surface area contributed by atoms with E-state index in [0.29, 0.717) is 58.5 Å². The number of halogens is 5. The third-order valence-electron chi connectivity index (χ3n) is 4.72. The van der Waals surface area contributed by atoms with E-state index >= 15 is 0 Å². The summed E-state index contributed by atoms with van der Waals surface area (Å²) in [5, 5.41) is 22.0. The van der Waals surface area contributed by atoms with Crippen molar-refractivity contribution in [3.8, 4) is 5.75 Å². The van der Waals surface area contributed by atoms with E-state index in [9.17, 15) is 22.8 Å². The van der Waals surface area contributed by atoms with Gasteiger partial charge in [0.25, 0.3) is 0 Å². The highest BCUT2D eigenvalue weighted by atomic mass is 35.5. The molecule has 0 radical (unpaired) electrons. The normalized spacial score (nSPS) is 15.3. The molecule has 3 N–H and O–H groups in total. The fraction of sp³-hybridized carbons (Fsp3) is 0.429. The van der Waals surface area contributed by atoms with Crippen LogP contribution >= 0.6 is 46.3 Å². The summed E-state index contributed by atoms with van der Waals surface area (Å²) >= 11 is 14.7. The first-order chi connectivity index (χ1) is 17.4. The number of aromatic nitrogens is 1. The van der Waals surface area contributed by atoms with Crippen LogP contribution in [0.1, 0.15) is 23.3 Å². The zero-order chi connectivity index (χ0) is 27.6. The maximum Gasteiger partial charge on any atom is 0.490 e. The number of thioether (sulfide) groups is 1. The summed E-state index contributed by atoms with van der Waals surface area (Å²) in [7, 11) is 0. The van der Waals surface area contributed by atoms with Gasteiger partial charge >= 0.3 is 18.1 Å². The monoisotopic (exact) mass is 603 g/mol. The minimum Gasteiger partial charge on any atom is -0.492 e. The van der Waals surface area contributed by atoms with E-state index in [0.717, 1.165) is 6.42 Å². The zero-order valence-corrected chi connectivity index (χ0v) is 22.1. The largest absolute Gasteiger partial charge is 0.492 e. The highest BCUT2D eigenvalue weighted by Crippen LogP contribution is 2.25. The molecule has 2 heterocycles. The smallest absolute Gasteiger partial charge is 0.490 e. The predicted octanol–water partition coefficient (Wildman–Crippen LogP) is 4.53. The van der Waals surface area contributed by atoms with Crippen LogP contribution in [-0.2, 0) is 9.59 Å². The standard InChI is InChI=1S/C19H21Cl2N3O4S2.C2HF3O2/c20-12-7-13(21)9-15(8-12)28-5-3-22-10-14-1-2-17(25)24(14)4-6-29-19-23-16(11-30-19)18(26)27;3-2(4,5)1(6)7/h7-9,11,14,22H,1-6,10H2,(H,26,27);(H,6,7)/t14-;/m1./s1. The van der Waals surface area contributed by atoms with Gasteiger partial charge in [0, 0.05) is 53.3 Å². The Morgan fingerprint density at radius 2 is 1.89 bits per heavy atom. The van der Waals surface area contributed by atoms with E-state index in [1.165, 1.54) is 28.5 Å². The molecular formula is C21H22Cl2F3N3O6S2. The molecule has 37 heavy (non-hydrogen) atoms. The topological polar surface area (TPSA) is 129 Å². The molecule has 1 fully saturated rings. The molecule has 16 heteroatoms. The Balaban J connectivity index is 0.000000604. The minimum absolute atomic E-state index is 0.0593. The fourth-order valence-corrected chi connectivity index (χ4v) is 5.40. The van der Waals surface area contributed by atoms with Gasteiger partial charge in [-0.25, -0.2) is 14.6 Å². The van der Waals surface area contributed by atoms with Crippen molar-refractivity contribution < 1.29 is 42.5 Å². The number of rotatable bonds is 11. The summed E-state index contributed by atoms with van der Waals surface area (Å²) < 4.78 is 38.1. The number of likely N-dealkylation sites (tertiary alicyclic amines) is 1. The number of aliphatic carboxylic acids is 1. The van der Waals surface area contributed by atoms with Gasteiger partial charge in [0.05, 0.1) is 0 Å². The Hall–Kier alpha value is -2.26. The van der Waals surface area contributed by atoms with Crippen molar-refractivity contribution in [3.63, 3.8) is 0 Å². The molecule has 3 rings (SSSR count). The molecule has 9 nitrogen and oxygen atoms in total. The molecule has 0 bridgehead atoms. The Labute approximate surface area is 227 Å². The van der Waals surface area contributed by atoms with Crippen LogP contribution in [0, 0.1) is 0 Å². The second kappa shape index (κ2) is 14.6. The maximum absolute atomic E-state index is 12.2. The molecule has 204 valence electrons. The summed E-state index contributed by atoms with van der Waals surface area (Å²) in [6, 6.07) is 5.22. The summed E-state index contributed by atoms with van der Waals surface area (Å²) in [6.45, 7) is 2.39. The van der Waals surface area contributed by atoms with Crippen LogP contribution in [0.5, 0.6) is 5.75 Å². The van der Waals surface area contributed by atoms with E-state index in [-0.39, 0.29) is 17.6 Å². The van der Waals surface area contributed by atoms with Crippen molar-refractivity contribution in [1.29, 1.82) is 0 Å². The van der Waals surface area contributed by atoms with Gasteiger partial charge in [-0.15, -0.1) is 11.3 Å². The number of ether oxygens (including phenoxy) is 1. The maximum atomic E-state index is 12.2. The Bertz CT molecular complexity index is 1070. The molecule has 1 aromatic carbocycles. The average molecular weight is 604 g/mol. The molecule has 2 aromatic rings. The first kappa shape index (κ1) is 31.0. The van der Waals surface area contributed by atoms with Gasteiger partial charge in [-0.2, -0.15) is 13.2 Å². The molecule has 0 saturated carbocycles. The second-order valence-corrected chi connectivity index (χ2v) is 10.5. The minimum atomic E-state index is -5.08. The summed E-state index contributed by atoms with van der Waals surface area (Å²) in [5.74, 6) is -2.34. The molecule has 0 spiro atoms. The number of carbonyl (C=O) groups excluding carboxylic acids is 1. The number of alkyl halides is 3. The molecule has 1 atom stereocenters. The van der Waals surface area contributed by atoms with Gasteiger partial charge in [-0.05, 0) is 24.6 Å². The van der Waals surface area contributed by atoms with Gasteiger partial charge in [-0.3, -0.25) is 4.79 Å². The molecule has 1 aromatic heterocycles. The molecule has 1 saturated heterocycles. The van der Waals surface area contributed by atoms with Crippen LogP contribution in [0.15, 0.2) is 27.9 Å². The first-order valence-electron chi connectivity index (χ1n) is 10.6. The van der Waals surface area contributed by atoms with Crippen molar-refractivity contribution >= 4 is 64.1 Å². The Morgan fingerprint density at radius 1 is 1.24 bits per heavy atom. The van der Waals surface area contributed by atoms with E-state index in [1.54, 1.807) is 18.2 Å². The number of aromatic carboxylic acids is 1. The Morgan fingerprint density at radius 3 is 2.46 bits per heavy atom. The first-order valence-corrected chi connectivity index (χ1v) is 13.2. The van der Waals surface area contributed by atoms with Gasteiger partial charge < -0.3 is 25.2 Å². The van der Waals surface area contributed by atoms with Crippen molar-refractivity contribution in [1.82, 2.24) is 15.2 Å². The second-order valence-electron chi connectivity index (χ2n) is 7.39. The number of thiazole rings is 1. The number of carboxylic acids is 2. The van der Waals surface area contributed by atoms with Gasteiger partial charge in [0.1, 0.15) is 12.4 Å². The number of nitrogens with one attached hydrogen (secondary N) is 1. The zero-order valence-electron chi connectivity index (χ0n) is 19.0. The summed E-state index contributed by atoms with van der Waals surface area (Å²) in [4.78, 5) is 37.9. The lowest BCUT2D eigenvalue weighted by Gasteiger charge is -2.25. The van der Waals surface area contributed by atoms with E-state index in [2.05, 4.69) is 10.3 Å². The van der Waals surface area contributed by atoms with Crippen molar-refractivity contribution in [2.75, 3.05) is 32.0 Å². The highest BCUT2D eigenvalue weighted by molar-refractivity contribution is 8.01. The molecule has 1 aliphatic heterocycles. The van der Waals surface area contributed by atoms with E-state index in [1.807, 2.05) is 4.90 Å². The third kappa shape index (κ3) is 10.9. The van der Waals surface area contributed by atoms with Crippen molar-refractivity contribution in [2.24, 2.45) is 0 Å². The number of carbonyl (C=O) groups is 3. The molecule has 1 amide bonds. The number of benzene rings is 1.